The van der Waals surface area contributed by atoms with Gasteiger partial charge in [-0.25, -0.2) is 14.2 Å². The molecule has 1 aliphatic heterocycles. The quantitative estimate of drug-likeness (QED) is 0.913. The maximum Gasteiger partial charge on any atom is 0.408 e. The van der Waals surface area contributed by atoms with Crippen molar-refractivity contribution in [3.8, 4) is 5.69 Å². The molecular weight excluding hydrogens is 339 g/mol. The Labute approximate surface area is 150 Å². The van der Waals surface area contributed by atoms with E-state index < -0.39 is 29.4 Å². The number of imidazole rings is 1. The first-order valence-electron chi connectivity index (χ1n) is 8.31. The van der Waals surface area contributed by atoms with E-state index in [0.29, 0.717) is 12.1 Å². The van der Waals surface area contributed by atoms with E-state index >= 15 is 0 Å². The van der Waals surface area contributed by atoms with Crippen molar-refractivity contribution >= 4 is 17.7 Å². The number of carbonyl (C=O) groups excluding carboxylic acids is 1. The topological polar surface area (TPSA) is 78.7 Å². The second-order valence-electron chi connectivity index (χ2n) is 7.22. The summed E-state index contributed by atoms with van der Waals surface area (Å²) in [7, 11) is 0. The summed E-state index contributed by atoms with van der Waals surface area (Å²) in [6.45, 7) is 5.47. The largest absolute Gasteiger partial charge is 0.465 e. The van der Waals surface area contributed by atoms with Crippen molar-refractivity contribution < 1.29 is 19.1 Å². The predicted molar refractivity (Wildman–Crippen MR) is 93.9 cm³/mol. The molecule has 0 radical (unpaired) electrons. The molecule has 26 heavy (non-hydrogen) atoms. The zero-order valence-corrected chi connectivity index (χ0v) is 14.9. The fourth-order valence-corrected chi connectivity index (χ4v) is 3.32. The number of aromatic nitrogens is 2. The Balaban J connectivity index is 1.87. The first kappa shape index (κ1) is 17.9. The molecule has 138 valence electrons. The molecule has 0 aliphatic carbocycles. The van der Waals surface area contributed by atoms with Crippen molar-refractivity contribution in [2.45, 2.75) is 38.8 Å². The van der Waals surface area contributed by atoms with Crippen molar-refractivity contribution in [3.05, 3.63) is 42.7 Å². The van der Waals surface area contributed by atoms with Crippen molar-refractivity contribution in [3.63, 3.8) is 0 Å². The van der Waals surface area contributed by atoms with Gasteiger partial charge in [-0.3, -0.25) is 9.69 Å². The van der Waals surface area contributed by atoms with Gasteiger partial charge < -0.3 is 14.6 Å². The normalized spacial score (nSPS) is 17.6. The fraction of sp³-hybridized carbons (Fsp3) is 0.389. The number of hydrogen-bond donors (Lipinski definition) is 1. The lowest BCUT2D eigenvalue weighted by atomic mass is 10.0. The Morgan fingerprint density at radius 2 is 2.12 bits per heavy atom. The molecule has 2 aromatic rings. The fourth-order valence-electron chi connectivity index (χ4n) is 3.32. The lowest BCUT2D eigenvalue weighted by Gasteiger charge is -2.36. The third-order valence-electron chi connectivity index (χ3n) is 4.44. The van der Waals surface area contributed by atoms with Crippen LogP contribution in [0, 0.1) is 5.82 Å². The van der Waals surface area contributed by atoms with Crippen LogP contribution < -0.4 is 4.90 Å². The summed E-state index contributed by atoms with van der Waals surface area (Å²) in [5.41, 5.74) is 0.0147. The molecule has 1 aliphatic rings. The number of halogens is 1. The average Bonchev–Trinajstić information content (AvgIpc) is 3.17. The van der Waals surface area contributed by atoms with Crippen LogP contribution in [-0.4, -0.2) is 49.7 Å². The number of nitrogens with zero attached hydrogens (tertiary/aromatic N) is 4. The van der Waals surface area contributed by atoms with E-state index in [1.165, 1.54) is 17.0 Å². The summed E-state index contributed by atoms with van der Waals surface area (Å²) in [6, 6.07) is 3.74. The Morgan fingerprint density at radius 3 is 2.65 bits per heavy atom. The molecular formula is C18H21FN4O3. The number of anilines is 1. The van der Waals surface area contributed by atoms with E-state index in [1.807, 2.05) is 0 Å². The van der Waals surface area contributed by atoms with Gasteiger partial charge in [-0.2, -0.15) is 0 Å². The summed E-state index contributed by atoms with van der Waals surface area (Å²) in [4.78, 5) is 30.8. The molecule has 1 saturated heterocycles. The monoisotopic (exact) mass is 360 g/mol. The maximum atomic E-state index is 14.6. The van der Waals surface area contributed by atoms with Gasteiger partial charge in [0.15, 0.2) is 0 Å². The molecule has 2 amide bonds. The Morgan fingerprint density at radius 1 is 1.38 bits per heavy atom. The van der Waals surface area contributed by atoms with E-state index in [-0.39, 0.29) is 12.2 Å². The number of carbonyl (C=O) groups is 2. The van der Waals surface area contributed by atoms with Gasteiger partial charge in [0.05, 0.1) is 12.0 Å². The summed E-state index contributed by atoms with van der Waals surface area (Å²) >= 11 is 0. The van der Waals surface area contributed by atoms with Crippen LogP contribution in [-0.2, 0) is 4.79 Å². The van der Waals surface area contributed by atoms with Crippen molar-refractivity contribution in [2.24, 2.45) is 0 Å². The molecule has 1 N–H and O–H groups in total. The predicted octanol–water partition coefficient (Wildman–Crippen LogP) is 2.90. The van der Waals surface area contributed by atoms with E-state index in [2.05, 4.69) is 4.98 Å². The van der Waals surface area contributed by atoms with Crippen LogP contribution in [0.5, 0.6) is 0 Å². The number of hydrogen-bond acceptors (Lipinski definition) is 3. The average molecular weight is 360 g/mol. The maximum absolute atomic E-state index is 14.6. The minimum Gasteiger partial charge on any atom is -0.465 e. The molecule has 2 heterocycles. The van der Waals surface area contributed by atoms with Crippen LogP contribution in [0.15, 0.2) is 36.9 Å². The third-order valence-corrected chi connectivity index (χ3v) is 4.44. The van der Waals surface area contributed by atoms with Crippen LogP contribution in [0.4, 0.5) is 14.9 Å². The van der Waals surface area contributed by atoms with Crippen molar-refractivity contribution in [1.82, 2.24) is 14.5 Å². The summed E-state index contributed by atoms with van der Waals surface area (Å²) in [5, 5.41) is 9.51. The highest BCUT2D eigenvalue weighted by Gasteiger charge is 2.43. The standard InChI is InChI=1S/C18H21FN4O3/c1-18(2,3)23(17(25)26)15-6-8-22(16(15)24)14-5-4-12(10-13(14)19)21-9-7-20-11-21/h4-5,7,9-11,15H,6,8H2,1-3H3,(H,25,26)/t15-/m0/s1. The van der Waals surface area contributed by atoms with Crippen molar-refractivity contribution in [1.29, 1.82) is 0 Å². The van der Waals surface area contributed by atoms with Gasteiger partial charge in [-0.05, 0) is 39.3 Å². The van der Waals surface area contributed by atoms with Crippen LogP contribution >= 0.6 is 0 Å². The SMILES string of the molecule is CC(C)(C)N(C(=O)O)[C@H]1CCN(c2ccc(-n3ccnc3)cc2F)C1=O. The van der Waals surface area contributed by atoms with Crippen LogP contribution in [0.1, 0.15) is 27.2 Å². The smallest absolute Gasteiger partial charge is 0.408 e. The van der Waals surface area contributed by atoms with Crippen LogP contribution in [0.2, 0.25) is 0 Å². The van der Waals surface area contributed by atoms with Gasteiger partial charge in [0, 0.05) is 36.2 Å². The highest BCUT2D eigenvalue weighted by molar-refractivity contribution is 6.01. The number of carboxylic acid groups (broad SMARTS) is 1. The lowest BCUT2D eigenvalue weighted by molar-refractivity contribution is -0.122. The van der Waals surface area contributed by atoms with Crippen molar-refractivity contribution in [2.75, 3.05) is 11.4 Å². The molecule has 1 aromatic carbocycles. The molecule has 0 unspecified atom stereocenters. The second-order valence-corrected chi connectivity index (χ2v) is 7.22. The molecule has 0 spiro atoms. The highest BCUT2D eigenvalue weighted by atomic mass is 19.1. The zero-order chi connectivity index (χ0) is 19.1. The molecule has 0 bridgehead atoms. The molecule has 7 nitrogen and oxygen atoms in total. The van der Waals surface area contributed by atoms with E-state index in [4.69, 9.17) is 0 Å². The number of benzene rings is 1. The van der Waals surface area contributed by atoms with Crippen LogP contribution in [0.3, 0.4) is 0 Å². The minimum absolute atomic E-state index is 0.153. The Kier molecular flexibility index (Phi) is 4.43. The number of amides is 2. The molecule has 8 heteroatoms. The van der Waals surface area contributed by atoms with Gasteiger partial charge in [0.2, 0.25) is 5.91 Å². The van der Waals surface area contributed by atoms with Gasteiger partial charge in [-0.15, -0.1) is 0 Å². The summed E-state index contributed by atoms with van der Waals surface area (Å²) < 4.78 is 16.3. The van der Waals surface area contributed by atoms with E-state index in [1.54, 1.807) is 50.1 Å². The number of rotatable bonds is 3. The van der Waals surface area contributed by atoms with E-state index in [9.17, 15) is 19.1 Å². The molecule has 1 atom stereocenters. The van der Waals surface area contributed by atoms with Gasteiger partial charge in [-0.1, -0.05) is 0 Å². The van der Waals surface area contributed by atoms with E-state index in [0.717, 1.165) is 4.90 Å². The first-order chi connectivity index (χ1) is 12.2. The molecule has 1 fully saturated rings. The van der Waals surface area contributed by atoms with Crippen LogP contribution in [0.25, 0.3) is 5.69 Å². The first-order valence-corrected chi connectivity index (χ1v) is 8.31. The summed E-state index contributed by atoms with van der Waals surface area (Å²) in [5.74, 6) is -0.945. The van der Waals surface area contributed by atoms with Gasteiger partial charge in [0.25, 0.3) is 0 Å². The lowest BCUT2D eigenvalue weighted by Crippen LogP contribution is -2.54. The zero-order valence-electron chi connectivity index (χ0n) is 14.9. The Hall–Kier alpha value is -2.90. The highest BCUT2D eigenvalue weighted by Crippen LogP contribution is 2.31. The third kappa shape index (κ3) is 3.14. The molecule has 0 saturated carbocycles. The molecule has 1 aromatic heterocycles. The minimum atomic E-state index is -1.16. The summed E-state index contributed by atoms with van der Waals surface area (Å²) in [6.07, 6.45) is 4.01. The molecule has 3 rings (SSSR count). The van der Waals surface area contributed by atoms with Gasteiger partial charge in [0.1, 0.15) is 11.9 Å². The van der Waals surface area contributed by atoms with Gasteiger partial charge >= 0.3 is 6.09 Å². The second kappa shape index (κ2) is 6.44. The Bertz CT molecular complexity index is 829.